The second-order valence-corrected chi connectivity index (χ2v) is 3.40. The Morgan fingerprint density at radius 2 is 1.71 bits per heavy atom. The molecule has 1 rings (SSSR count). The molecule has 0 aliphatic carbocycles. The average Bonchev–Trinajstić information content (AvgIpc) is 2.02. The molecule has 1 aromatic rings. The Balaban J connectivity index is 0.000000292. The van der Waals surface area contributed by atoms with Crippen molar-refractivity contribution in [1.29, 1.82) is 0 Å². The van der Waals surface area contributed by atoms with Crippen LogP contribution in [0, 0.1) is 6.92 Å². The maximum Gasteiger partial charge on any atom is 0.394 e. The molecule has 14 heavy (non-hydrogen) atoms. The minimum atomic E-state index is -4.67. The quantitative estimate of drug-likeness (QED) is 0.704. The highest BCUT2D eigenvalue weighted by Gasteiger charge is 1.86. The van der Waals surface area contributed by atoms with Gasteiger partial charge in [-0.1, -0.05) is 36.9 Å². The molecule has 1 aromatic carbocycles. The van der Waals surface area contributed by atoms with Crippen molar-refractivity contribution in [1.82, 2.24) is 0 Å². The maximum atomic E-state index is 8.74. The molecule has 2 N–H and O–H groups in total. The van der Waals surface area contributed by atoms with Crippen LogP contribution in [0.4, 0.5) is 0 Å². The van der Waals surface area contributed by atoms with Crippen molar-refractivity contribution in [3.8, 4) is 0 Å². The van der Waals surface area contributed by atoms with Gasteiger partial charge < -0.3 is 0 Å². The van der Waals surface area contributed by atoms with E-state index in [2.05, 4.69) is 25.6 Å². The first-order chi connectivity index (χ1) is 6.34. The Kier molecular flexibility index (Phi) is 5.07. The van der Waals surface area contributed by atoms with Gasteiger partial charge in [-0.25, -0.2) is 0 Å². The molecule has 0 spiro atoms. The first-order valence-electron chi connectivity index (χ1n) is 3.72. The fourth-order valence-electron chi connectivity index (χ4n) is 0.816. The van der Waals surface area contributed by atoms with Gasteiger partial charge in [0, 0.05) is 0 Å². The van der Waals surface area contributed by atoms with Crippen molar-refractivity contribution in [2.75, 3.05) is 0 Å². The molecule has 0 amide bonds. The van der Waals surface area contributed by atoms with Crippen molar-refractivity contribution in [3.05, 3.63) is 42.0 Å². The summed E-state index contributed by atoms with van der Waals surface area (Å²) in [5, 5.41) is 0. The van der Waals surface area contributed by atoms with E-state index in [0.29, 0.717) is 0 Å². The summed E-state index contributed by atoms with van der Waals surface area (Å²) in [6.07, 6.45) is 1.87. The van der Waals surface area contributed by atoms with Gasteiger partial charge in [-0.2, -0.15) is 8.42 Å². The lowest BCUT2D eigenvalue weighted by molar-refractivity contribution is 0.381. The van der Waals surface area contributed by atoms with E-state index in [0.717, 1.165) is 0 Å². The van der Waals surface area contributed by atoms with E-state index in [4.69, 9.17) is 17.5 Å². The Morgan fingerprint density at radius 1 is 1.29 bits per heavy atom. The standard InChI is InChI=1S/C9H10.H2O4S/c1-3-9-7-5-4-6-8(9)2;1-5(2,3)4/h3-7H,1H2,2H3;(H2,1,2,3,4). The monoisotopic (exact) mass is 216 g/mol. The molecule has 5 heteroatoms. The SMILES string of the molecule is C=Cc1ccccc1C.O=S(=O)(O)O. The third-order valence-corrected chi connectivity index (χ3v) is 1.41. The summed E-state index contributed by atoms with van der Waals surface area (Å²) in [6.45, 7) is 5.77. The Bertz CT molecular complexity index is 387. The highest BCUT2D eigenvalue weighted by Crippen LogP contribution is 2.06. The van der Waals surface area contributed by atoms with E-state index < -0.39 is 10.4 Å². The number of rotatable bonds is 1. The average molecular weight is 216 g/mol. The van der Waals surface area contributed by atoms with Crippen LogP contribution in [0.15, 0.2) is 30.8 Å². The summed E-state index contributed by atoms with van der Waals surface area (Å²) in [4.78, 5) is 0. The van der Waals surface area contributed by atoms with Crippen LogP contribution in [-0.4, -0.2) is 17.5 Å². The van der Waals surface area contributed by atoms with Crippen molar-refractivity contribution in [3.63, 3.8) is 0 Å². The van der Waals surface area contributed by atoms with E-state index in [1.807, 2.05) is 18.2 Å². The minimum absolute atomic E-state index is 1.22. The van der Waals surface area contributed by atoms with E-state index >= 15 is 0 Å². The van der Waals surface area contributed by atoms with Gasteiger partial charge in [-0.15, -0.1) is 0 Å². The van der Waals surface area contributed by atoms with E-state index in [-0.39, 0.29) is 0 Å². The van der Waals surface area contributed by atoms with Crippen molar-refractivity contribution in [2.45, 2.75) is 6.92 Å². The van der Waals surface area contributed by atoms with Crippen LogP contribution in [0.1, 0.15) is 11.1 Å². The highest BCUT2D eigenvalue weighted by molar-refractivity contribution is 7.79. The molecule has 4 nitrogen and oxygen atoms in total. The summed E-state index contributed by atoms with van der Waals surface area (Å²) in [6, 6.07) is 8.19. The van der Waals surface area contributed by atoms with Gasteiger partial charge in [0.25, 0.3) is 0 Å². The highest BCUT2D eigenvalue weighted by atomic mass is 32.3. The van der Waals surface area contributed by atoms with E-state index in [9.17, 15) is 0 Å². The fourth-order valence-corrected chi connectivity index (χ4v) is 0.816. The Hall–Kier alpha value is -1.17. The third kappa shape index (κ3) is 7.48. The van der Waals surface area contributed by atoms with E-state index in [1.165, 1.54) is 11.1 Å². The second-order valence-electron chi connectivity index (χ2n) is 2.51. The summed E-state index contributed by atoms with van der Waals surface area (Å²) < 4.78 is 31.6. The van der Waals surface area contributed by atoms with Gasteiger partial charge in [-0.3, -0.25) is 9.11 Å². The van der Waals surface area contributed by atoms with Gasteiger partial charge in [-0.05, 0) is 18.1 Å². The molecular formula is C9H12O4S. The summed E-state index contributed by atoms with van der Waals surface area (Å²) in [5.74, 6) is 0. The topological polar surface area (TPSA) is 74.6 Å². The van der Waals surface area contributed by atoms with Gasteiger partial charge in [0.05, 0.1) is 0 Å². The molecule has 0 aromatic heterocycles. The van der Waals surface area contributed by atoms with Crippen LogP contribution < -0.4 is 0 Å². The predicted octanol–water partition coefficient (Wildman–Crippen LogP) is 1.99. The molecule has 0 bridgehead atoms. The molecule has 0 heterocycles. The number of hydrogen-bond acceptors (Lipinski definition) is 2. The van der Waals surface area contributed by atoms with Crippen molar-refractivity contribution in [2.24, 2.45) is 0 Å². The number of benzene rings is 1. The summed E-state index contributed by atoms with van der Waals surface area (Å²) >= 11 is 0. The van der Waals surface area contributed by atoms with Crippen molar-refractivity contribution < 1.29 is 17.5 Å². The first-order valence-corrected chi connectivity index (χ1v) is 5.12. The predicted molar refractivity (Wildman–Crippen MR) is 55.4 cm³/mol. The lowest BCUT2D eigenvalue weighted by Gasteiger charge is -1.95. The van der Waals surface area contributed by atoms with Crippen molar-refractivity contribution >= 4 is 16.5 Å². The lowest BCUT2D eigenvalue weighted by Crippen LogP contribution is -1.89. The molecule has 0 aliphatic rings. The van der Waals surface area contributed by atoms with Gasteiger partial charge in [0.2, 0.25) is 0 Å². The smallest absolute Gasteiger partial charge is 0.264 e. The number of hydrogen-bond donors (Lipinski definition) is 2. The molecule has 0 saturated heterocycles. The van der Waals surface area contributed by atoms with Crippen LogP contribution in [0.3, 0.4) is 0 Å². The van der Waals surface area contributed by atoms with E-state index in [1.54, 1.807) is 0 Å². The molecule has 78 valence electrons. The largest absolute Gasteiger partial charge is 0.394 e. The van der Waals surface area contributed by atoms with Crippen LogP contribution in [0.25, 0.3) is 6.08 Å². The zero-order valence-corrected chi connectivity index (χ0v) is 8.53. The molecule has 0 fully saturated rings. The van der Waals surface area contributed by atoms with Gasteiger partial charge >= 0.3 is 10.4 Å². The molecule has 0 atom stereocenters. The Morgan fingerprint density at radius 3 is 2.00 bits per heavy atom. The maximum absolute atomic E-state index is 8.74. The van der Waals surface area contributed by atoms with Gasteiger partial charge in [0.1, 0.15) is 0 Å². The zero-order chi connectivity index (χ0) is 11.2. The molecule has 0 aliphatic heterocycles. The lowest BCUT2D eigenvalue weighted by atomic mass is 10.1. The number of aryl methyl sites for hydroxylation is 1. The van der Waals surface area contributed by atoms with Crippen LogP contribution in [-0.2, 0) is 10.4 Å². The van der Waals surface area contributed by atoms with Crippen LogP contribution >= 0.6 is 0 Å². The zero-order valence-electron chi connectivity index (χ0n) is 7.71. The second kappa shape index (κ2) is 5.54. The molecule has 0 saturated carbocycles. The molecule has 0 unspecified atom stereocenters. The fraction of sp³-hybridized carbons (Fsp3) is 0.111. The minimum Gasteiger partial charge on any atom is -0.264 e. The Labute approximate surface area is 83.5 Å². The third-order valence-electron chi connectivity index (χ3n) is 1.41. The first kappa shape index (κ1) is 12.8. The van der Waals surface area contributed by atoms with Crippen LogP contribution in [0.5, 0.6) is 0 Å². The summed E-state index contributed by atoms with van der Waals surface area (Å²) in [5.41, 5.74) is 2.50. The molecular weight excluding hydrogens is 204 g/mol. The normalized spacial score (nSPS) is 9.93. The van der Waals surface area contributed by atoms with Crippen LogP contribution in [0.2, 0.25) is 0 Å². The molecule has 0 radical (unpaired) electrons. The van der Waals surface area contributed by atoms with Gasteiger partial charge in [0.15, 0.2) is 0 Å². The summed E-state index contributed by atoms with van der Waals surface area (Å²) in [7, 11) is -4.67.